The molecule has 9 nitrogen and oxygen atoms in total. The summed E-state index contributed by atoms with van der Waals surface area (Å²) < 4.78 is 5.35. The summed E-state index contributed by atoms with van der Waals surface area (Å²) >= 11 is 0. The number of carbonyl (C=O) groups is 3. The summed E-state index contributed by atoms with van der Waals surface area (Å²) in [6, 6.07) is -0.531. The van der Waals surface area contributed by atoms with Crippen molar-refractivity contribution in [2.45, 2.75) is 44.2 Å². The zero-order valence-corrected chi connectivity index (χ0v) is 16.2. The number of morpholine rings is 1. The Morgan fingerprint density at radius 1 is 1.15 bits per heavy atom. The average molecular weight is 382 g/mol. The minimum absolute atomic E-state index is 0.254. The largest absolute Gasteiger partial charge is 0.388 e. The van der Waals surface area contributed by atoms with Crippen LogP contribution in [-0.4, -0.2) is 101 Å². The van der Waals surface area contributed by atoms with Crippen LogP contribution in [0.2, 0.25) is 0 Å². The van der Waals surface area contributed by atoms with E-state index < -0.39 is 17.2 Å². The van der Waals surface area contributed by atoms with E-state index in [1.54, 1.807) is 18.7 Å². The van der Waals surface area contributed by atoms with E-state index in [1.165, 1.54) is 0 Å². The Balaban J connectivity index is 1.55. The first kappa shape index (κ1) is 20.0. The van der Waals surface area contributed by atoms with Crippen LogP contribution in [0, 0.1) is 0 Å². The lowest BCUT2D eigenvalue weighted by atomic mass is 9.94. The van der Waals surface area contributed by atoms with Crippen LogP contribution in [0.5, 0.6) is 0 Å². The van der Waals surface area contributed by atoms with Crippen LogP contribution in [0.1, 0.15) is 33.1 Å². The molecule has 1 unspecified atom stereocenters. The summed E-state index contributed by atoms with van der Waals surface area (Å²) in [6.07, 6.45) is 1.81. The van der Waals surface area contributed by atoms with Crippen LogP contribution >= 0.6 is 0 Å². The third-order valence-corrected chi connectivity index (χ3v) is 5.63. The van der Waals surface area contributed by atoms with Gasteiger partial charge in [0.2, 0.25) is 5.91 Å². The van der Waals surface area contributed by atoms with Gasteiger partial charge in [-0.05, 0) is 33.1 Å². The van der Waals surface area contributed by atoms with E-state index in [0.717, 1.165) is 18.0 Å². The monoisotopic (exact) mass is 382 g/mol. The Kier molecular flexibility index (Phi) is 5.73. The van der Waals surface area contributed by atoms with Crippen LogP contribution in [0.3, 0.4) is 0 Å². The van der Waals surface area contributed by atoms with E-state index in [2.05, 4.69) is 10.2 Å². The molecule has 3 heterocycles. The average Bonchev–Trinajstić information content (AvgIpc) is 2.75. The van der Waals surface area contributed by atoms with Crippen molar-refractivity contribution in [2.24, 2.45) is 0 Å². The van der Waals surface area contributed by atoms with Gasteiger partial charge in [0.05, 0.1) is 18.8 Å². The first-order valence-corrected chi connectivity index (χ1v) is 9.65. The Labute approximate surface area is 159 Å². The van der Waals surface area contributed by atoms with Crippen LogP contribution in [-0.2, 0) is 14.3 Å². The summed E-state index contributed by atoms with van der Waals surface area (Å²) in [7, 11) is 0. The Morgan fingerprint density at radius 3 is 2.48 bits per heavy atom. The zero-order chi connectivity index (χ0) is 19.7. The molecule has 0 aromatic heterocycles. The SMILES string of the molecule is CC1(C)NC(=O)N(CC(=O)N2CCCC(O)(CN3CCOCC3)CC2)C1=O. The van der Waals surface area contributed by atoms with Gasteiger partial charge in [-0.1, -0.05) is 0 Å². The Bertz CT molecular complexity index is 605. The predicted octanol–water partition coefficient (Wildman–Crippen LogP) is -0.607. The number of aliphatic hydroxyl groups is 1. The van der Waals surface area contributed by atoms with Crippen molar-refractivity contribution >= 4 is 17.8 Å². The van der Waals surface area contributed by atoms with Crippen molar-refractivity contribution in [1.82, 2.24) is 20.0 Å². The van der Waals surface area contributed by atoms with Crippen LogP contribution < -0.4 is 5.32 Å². The number of nitrogens with zero attached hydrogens (tertiary/aromatic N) is 3. The lowest BCUT2D eigenvalue weighted by Crippen LogP contribution is -2.48. The summed E-state index contributed by atoms with van der Waals surface area (Å²) in [5, 5.41) is 13.6. The molecule has 4 amide bonds. The number of ether oxygens (including phenoxy) is 1. The highest BCUT2D eigenvalue weighted by molar-refractivity contribution is 6.08. The molecule has 2 N–H and O–H groups in total. The molecular weight excluding hydrogens is 352 g/mol. The predicted molar refractivity (Wildman–Crippen MR) is 97.0 cm³/mol. The van der Waals surface area contributed by atoms with Crippen molar-refractivity contribution in [1.29, 1.82) is 0 Å². The van der Waals surface area contributed by atoms with E-state index in [-0.39, 0.29) is 18.4 Å². The number of hydrogen-bond acceptors (Lipinski definition) is 6. The van der Waals surface area contributed by atoms with E-state index in [0.29, 0.717) is 52.1 Å². The fraction of sp³-hybridized carbons (Fsp3) is 0.833. The maximum absolute atomic E-state index is 12.7. The van der Waals surface area contributed by atoms with Gasteiger partial charge in [0.25, 0.3) is 5.91 Å². The summed E-state index contributed by atoms with van der Waals surface area (Å²) in [6.45, 7) is 7.51. The molecule has 0 saturated carbocycles. The van der Waals surface area contributed by atoms with Gasteiger partial charge in [-0.2, -0.15) is 0 Å². The highest BCUT2D eigenvalue weighted by Crippen LogP contribution is 2.25. The summed E-state index contributed by atoms with van der Waals surface area (Å²) in [5.74, 6) is -0.647. The highest BCUT2D eigenvalue weighted by Gasteiger charge is 2.45. The molecule has 3 aliphatic rings. The molecular formula is C18H30N4O5. The molecule has 0 aromatic rings. The van der Waals surface area contributed by atoms with Gasteiger partial charge in [0.15, 0.2) is 0 Å². The number of carbonyl (C=O) groups excluding carboxylic acids is 3. The minimum Gasteiger partial charge on any atom is -0.388 e. The normalized spacial score (nSPS) is 29.6. The number of urea groups is 1. The molecule has 3 aliphatic heterocycles. The van der Waals surface area contributed by atoms with Crippen LogP contribution in [0.4, 0.5) is 4.79 Å². The maximum Gasteiger partial charge on any atom is 0.325 e. The molecule has 1 atom stereocenters. The fourth-order valence-corrected chi connectivity index (χ4v) is 3.96. The number of hydrogen-bond donors (Lipinski definition) is 2. The topological polar surface area (TPSA) is 102 Å². The number of β-amino-alcohol motifs (C(OH)–C–C–N with tert-alkyl or cyclic N) is 1. The number of nitrogens with one attached hydrogen (secondary N) is 1. The first-order valence-electron chi connectivity index (χ1n) is 9.65. The number of amides is 4. The second kappa shape index (κ2) is 7.73. The molecule has 3 fully saturated rings. The molecule has 9 heteroatoms. The smallest absolute Gasteiger partial charge is 0.325 e. The second-order valence-electron chi connectivity index (χ2n) is 8.29. The minimum atomic E-state index is -0.978. The van der Waals surface area contributed by atoms with Crippen molar-refractivity contribution in [3.8, 4) is 0 Å². The van der Waals surface area contributed by atoms with Crippen molar-refractivity contribution in [3.05, 3.63) is 0 Å². The fourth-order valence-electron chi connectivity index (χ4n) is 3.96. The van der Waals surface area contributed by atoms with Crippen LogP contribution in [0.25, 0.3) is 0 Å². The number of rotatable bonds is 4. The van der Waals surface area contributed by atoms with Crippen molar-refractivity contribution < 1.29 is 24.2 Å². The number of imide groups is 1. The molecule has 0 bridgehead atoms. The van der Waals surface area contributed by atoms with E-state index in [4.69, 9.17) is 4.74 Å². The van der Waals surface area contributed by atoms with Gasteiger partial charge < -0.3 is 20.1 Å². The lowest BCUT2D eigenvalue weighted by molar-refractivity contribution is -0.138. The number of likely N-dealkylation sites (tertiary alicyclic amines) is 1. The Morgan fingerprint density at radius 2 is 1.85 bits per heavy atom. The van der Waals surface area contributed by atoms with Gasteiger partial charge in [-0.25, -0.2) is 4.79 Å². The van der Waals surface area contributed by atoms with Gasteiger partial charge in [0.1, 0.15) is 12.1 Å². The third kappa shape index (κ3) is 4.59. The zero-order valence-electron chi connectivity index (χ0n) is 16.2. The van der Waals surface area contributed by atoms with Crippen LogP contribution in [0.15, 0.2) is 0 Å². The molecule has 3 rings (SSSR count). The third-order valence-electron chi connectivity index (χ3n) is 5.63. The molecule has 0 radical (unpaired) electrons. The van der Waals surface area contributed by atoms with E-state index in [9.17, 15) is 19.5 Å². The van der Waals surface area contributed by atoms with Gasteiger partial charge in [-0.15, -0.1) is 0 Å². The molecule has 152 valence electrons. The summed E-state index contributed by atoms with van der Waals surface area (Å²) in [5.41, 5.74) is -1.80. The van der Waals surface area contributed by atoms with Gasteiger partial charge >= 0.3 is 6.03 Å². The van der Waals surface area contributed by atoms with E-state index in [1.807, 2.05) is 0 Å². The molecule has 0 aliphatic carbocycles. The van der Waals surface area contributed by atoms with Crippen molar-refractivity contribution in [3.63, 3.8) is 0 Å². The first-order chi connectivity index (χ1) is 12.7. The van der Waals surface area contributed by atoms with E-state index >= 15 is 0 Å². The molecule has 3 saturated heterocycles. The Hall–Kier alpha value is -1.71. The summed E-state index contributed by atoms with van der Waals surface area (Å²) in [4.78, 5) is 41.7. The molecule has 0 spiro atoms. The molecule has 27 heavy (non-hydrogen) atoms. The highest BCUT2D eigenvalue weighted by atomic mass is 16.5. The van der Waals surface area contributed by atoms with Gasteiger partial charge in [-0.3, -0.25) is 19.4 Å². The second-order valence-corrected chi connectivity index (χ2v) is 8.29. The van der Waals surface area contributed by atoms with Gasteiger partial charge in [0, 0.05) is 32.7 Å². The standard InChI is InChI=1S/C18H30N4O5/c1-17(2)15(24)22(16(25)19-17)12-14(23)21-6-3-4-18(26,5-7-21)13-20-8-10-27-11-9-20/h26H,3-13H2,1-2H3,(H,19,25). The van der Waals surface area contributed by atoms with Crippen molar-refractivity contribution in [2.75, 3.05) is 52.5 Å². The molecule has 0 aromatic carbocycles. The lowest BCUT2D eigenvalue weighted by Gasteiger charge is -2.35. The maximum atomic E-state index is 12.7. The quantitative estimate of drug-likeness (QED) is 0.629.